The molecule has 1 aliphatic heterocycles. The molecule has 0 amide bonds. The van der Waals surface area contributed by atoms with Gasteiger partial charge in [0, 0.05) is 31.9 Å². The van der Waals surface area contributed by atoms with Crippen LogP contribution >= 0.6 is 0 Å². The fourth-order valence-electron chi connectivity index (χ4n) is 3.02. The number of benzene rings is 2. The number of rotatable bonds is 5. The van der Waals surface area contributed by atoms with Crippen LogP contribution < -0.4 is 15.4 Å². The Morgan fingerprint density at radius 2 is 1.85 bits per heavy atom. The van der Waals surface area contributed by atoms with E-state index in [2.05, 4.69) is 14.8 Å². The van der Waals surface area contributed by atoms with Gasteiger partial charge >= 0.3 is 0 Å². The van der Waals surface area contributed by atoms with Crippen LogP contribution in [0, 0.1) is 5.82 Å². The van der Waals surface area contributed by atoms with E-state index in [1.54, 1.807) is 0 Å². The Hall–Kier alpha value is -2.76. The second-order valence-corrected chi connectivity index (χ2v) is 6.21. The van der Waals surface area contributed by atoms with Crippen molar-refractivity contribution in [2.45, 2.75) is 13.5 Å². The average molecular weight is 356 g/mol. The average Bonchev–Trinajstić information content (AvgIpc) is 2.67. The van der Waals surface area contributed by atoms with Crippen molar-refractivity contribution >= 4 is 11.6 Å². The van der Waals surface area contributed by atoms with Gasteiger partial charge < -0.3 is 20.3 Å². The first-order valence-corrected chi connectivity index (χ1v) is 8.93. The number of ether oxygens (including phenoxy) is 1. The van der Waals surface area contributed by atoms with Crippen LogP contribution in [0.3, 0.4) is 0 Å². The molecule has 1 fully saturated rings. The highest BCUT2D eigenvalue weighted by Gasteiger charge is 2.18. The van der Waals surface area contributed by atoms with Crippen molar-refractivity contribution in [1.82, 2.24) is 4.90 Å². The minimum Gasteiger partial charge on any atom is -0.494 e. The smallest absolute Gasteiger partial charge is 0.191 e. The molecule has 26 heavy (non-hydrogen) atoms. The van der Waals surface area contributed by atoms with Crippen LogP contribution in [0.15, 0.2) is 53.5 Å². The second-order valence-electron chi connectivity index (χ2n) is 6.21. The zero-order valence-electron chi connectivity index (χ0n) is 15.1. The van der Waals surface area contributed by atoms with Gasteiger partial charge in [-0.2, -0.15) is 0 Å². The maximum Gasteiger partial charge on any atom is 0.191 e. The Morgan fingerprint density at radius 3 is 2.54 bits per heavy atom. The second kappa shape index (κ2) is 8.56. The summed E-state index contributed by atoms with van der Waals surface area (Å²) in [7, 11) is 0. The van der Waals surface area contributed by atoms with Gasteiger partial charge in [0.15, 0.2) is 5.96 Å². The molecule has 6 heteroatoms. The number of aliphatic imine (C=N–C) groups is 1. The van der Waals surface area contributed by atoms with Crippen molar-refractivity contribution < 1.29 is 9.13 Å². The lowest BCUT2D eigenvalue weighted by Crippen LogP contribution is -2.51. The minimum atomic E-state index is -0.211. The Labute approximate surface area is 153 Å². The number of piperazine rings is 1. The van der Waals surface area contributed by atoms with Crippen molar-refractivity contribution in [3.05, 3.63) is 59.9 Å². The molecule has 3 rings (SSSR count). The molecule has 2 aromatic carbocycles. The molecule has 1 saturated heterocycles. The highest BCUT2D eigenvalue weighted by molar-refractivity contribution is 5.78. The number of nitrogens with two attached hydrogens (primary N) is 1. The first-order valence-electron chi connectivity index (χ1n) is 8.93. The lowest BCUT2D eigenvalue weighted by atomic mass is 10.2. The van der Waals surface area contributed by atoms with Crippen molar-refractivity contribution in [2.75, 3.05) is 37.7 Å². The van der Waals surface area contributed by atoms with E-state index in [1.165, 1.54) is 12.1 Å². The van der Waals surface area contributed by atoms with Gasteiger partial charge in [-0.25, -0.2) is 9.38 Å². The molecular formula is C20H25FN4O. The zero-order valence-corrected chi connectivity index (χ0v) is 15.1. The molecule has 1 heterocycles. The van der Waals surface area contributed by atoms with Crippen LogP contribution in [-0.2, 0) is 6.54 Å². The molecule has 0 atom stereocenters. The van der Waals surface area contributed by atoms with Gasteiger partial charge in [0.05, 0.1) is 13.2 Å². The molecular weight excluding hydrogens is 331 g/mol. The normalized spacial score (nSPS) is 15.2. The number of halogens is 1. The maximum atomic E-state index is 13.0. The molecule has 0 unspecified atom stereocenters. The van der Waals surface area contributed by atoms with E-state index in [1.807, 2.05) is 43.3 Å². The highest BCUT2D eigenvalue weighted by Crippen LogP contribution is 2.17. The number of anilines is 1. The summed E-state index contributed by atoms with van der Waals surface area (Å²) < 4.78 is 18.6. The first kappa shape index (κ1) is 18.0. The van der Waals surface area contributed by atoms with E-state index in [9.17, 15) is 4.39 Å². The zero-order chi connectivity index (χ0) is 18.4. The lowest BCUT2D eigenvalue weighted by molar-refractivity contribution is 0.340. The minimum absolute atomic E-state index is 0.211. The summed E-state index contributed by atoms with van der Waals surface area (Å²) in [6.07, 6.45) is 0. The Kier molecular flexibility index (Phi) is 5.94. The van der Waals surface area contributed by atoms with Gasteiger partial charge in [-0.05, 0) is 48.9 Å². The fraction of sp³-hybridized carbons (Fsp3) is 0.350. The van der Waals surface area contributed by atoms with Crippen molar-refractivity contribution in [2.24, 2.45) is 10.7 Å². The monoisotopic (exact) mass is 356 g/mol. The summed E-state index contributed by atoms with van der Waals surface area (Å²) >= 11 is 0. The summed E-state index contributed by atoms with van der Waals surface area (Å²) in [6.45, 7) is 6.41. The summed E-state index contributed by atoms with van der Waals surface area (Å²) in [5.74, 6) is 1.20. The van der Waals surface area contributed by atoms with Crippen LogP contribution in [0.25, 0.3) is 0 Å². The number of hydrogen-bond donors (Lipinski definition) is 1. The molecule has 0 saturated carbocycles. The van der Waals surface area contributed by atoms with Crippen molar-refractivity contribution in [1.29, 1.82) is 0 Å². The van der Waals surface area contributed by atoms with E-state index in [0.29, 0.717) is 19.1 Å². The van der Waals surface area contributed by atoms with Crippen molar-refractivity contribution in [3.8, 4) is 5.75 Å². The largest absolute Gasteiger partial charge is 0.494 e. The third-order valence-electron chi connectivity index (χ3n) is 4.43. The molecule has 2 aromatic rings. The molecule has 138 valence electrons. The van der Waals surface area contributed by atoms with Crippen LogP contribution in [-0.4, -0.2) is 43.6 Å². The van der Waals surface area contributed by atoms with Crippen LogP contribution in [0.5, 0.6) is 5.75 Å². The number of hydrogen-bond acceptors (Lipinski definition) is 3. The first-order chi connectivity index (χ1) is 12.7. The molecule has 0 bridgehead atoms. The van der Waals surface area contributed by atoms with Gasteiger partial charge in [-0.3, -0.25) is 0 Å². The van der Waals surface area contributed by atoms with Gasteiger partial charge in [0.25, 0.3) is 0 Å². The lowest BCUT2D eigenvalue weighted by Gasteiger charge is -2.36. The highest BCUT2D eigenvalue weighted by atomic mass is 19.1. The van der Waals surface area contributed by atoms with Crippen LogP contribution in [0.1, 0.15) is 12.5 Å². The maximum absolute atomic E-state index is 13.0. The van der Waals surface area contributed by atoms with E-state index >= 15 is 0 Å². The Bertz CT molecular complexity index is 740. The van der Waals surface area contributed by atoms with E-state index < -0.39 is 0 Å². The van der Waals surface area contributed by atoms with Gasteiger partial charge in [-0.15, -0.1) is 0 Å². The predicted octanol–water partition coefficient (Wildman–Crippen LogP) is 2.86. The molecule has 0 aliphatic carbocycles. The fourth-order valence-corrected chi connectivity index (χ4v) is 3.02. The van der Waals surface area contributed by atoms with Gasteiger partial charge in [0.2, 0.25) is 0 Å². The van der Waals surface area contributed by atoms with Gasteiger partial charge in [-0.1, -0.05) is 12.1 Å². The molecule has 5 nitrogen and oxygen atoms in total. The summed E-state index contributed by atoms with van der Waals surface area (Å²) in [5.41, 5.74) is 8.28. The standard InChI is InChI=1S/C20H25FN4O/c1-2-26-19-5-3-4-16(14-19)15-23-20(22)25-12-10-24(11-13-25)18-8-6-17(21)7-9-18/h3-9,14H,2,10-13,15H2,1H3,(H2,22,23). The Balaban J connectivity index is 1.54. The third-order valence-corrected chi connectivity index (χ3v) is 4.43. The third kappa shape index (κ3) is 4.65. The SMILES string of the molecule is CCOc1cccc(CN=C(N)N2CCN(c3ccc(F)cc3)CC2)c1. The van der Waals surface area contributed by atoms with Crippen molar-refractivity contribution in [3.63, 3.8) is 0 Å². The van der Waals surface area contributed by atoms with Gasteiger partial charge in [0.1, 0.15) is 11.6 Å². The molecule has 0 spiro atoms. The molecule has 0 radical (unpaired) electrons. The summed E-state index contributed by atoms with van der Waals surface area (Å²) in [4.78, 5) is 8.85. The van der Waals surface area contributed by atoms with Crippen LogP contribution in [0.4, 0.5) is 10.1 Å². The molecule has 0 aromatic heterocycles. The quantitative estimate of drug-likeness (QED) is 0.661. The number of nitrogens with zero attached hydrogens (tertiary/aromatic N) is 3. The Morgan fingerprint density at radius 1 is 1.12 bits per heavy atom. The molecule has 1 aliphatic rings. The van der Waals surface area contributed by atoms with E-state index in [4.69, 9.17) is 10.5 Å². The topological polar surface area (TPSA) is 54.1 Å². The molecule has 2 N–H and O–H groups in total. The summed E-state index contributed by atoms with van der Waals surface area (Å²) in [6, 6.07) is 14.5. The van der Waals surface area contributed by atoms with Crippen LogP contribution in [0.2, 0.25) is 0 Å². The van der Waals surface area contributed by atoms with E-state index in [-0.39, 0.29) is 5.82 Å². The van der Waals surface area contributed by atoms with E-state index in [0.717, 1.165) is 43.2 Å². The number of guanidine groups is 1. The predicted molar refractivity (Wildman–Crippen MR) is 103 cm³/mol. The summed E-state index contributed by atoms with van der Waals surface area (Å²) in [5, 5.41) is 0.